The molecule has 0 saturated carbocycles. The Labute approximate surface area is 539 Å². The molecule has 0 aliphatic carbocycles. The lowest BCUT2D eigenvalue weighted by Gasteiger charge is -2.45. The molecule has 2 aliphatic heterocycles. The first-order valence-corrected chi connectivity index (χ1v) is 31.7. The quantitative estimate of drug-likeness (QED) is 0.107. The average molecular weight is 1180 g/mol. The topological polar surface area (TPSA) is 41.2 Å². The molecule has 1 unspecified atom stereocenters. The standard InChI is InChI=1S/C87H54BN5/c1-90-77-42-18-13-33-66(77)72-41-24-39-65(58-29-9-4-10-30-58)87(72)93-82-54-62(92-80-45-21-16-36-69(80)70-37-17-22-46-81(70)92)48-50-76(82)88-75-49-47-61(91-78-43-19-14-34-67(78)68-35-15-20-44-79(68)91)53-73(75)85(74-51-60(52-83(93)86(74)88)56-25-5-2-6-26-56)84-64(57-27-7-3-8-28-57)38-23-40-71(84)63-32-12-11-31-59(63)55-89/h2-54,85H. The van der Waals surface area contributed by atoms with E-state index in [-0.39, 0.29) is 6.71 Å². The number of aromatic nitrogens is 2. The molecule has 18 rings (SSSR count). The van der Waals surface area contributed by atoms with E-state index in [1.165, 1.54) is 43.6 Å². The van der Waals surface area contributed by atoms with E-state index in [4.69, 9.17) is 6.57 Å². The fraction of sp³-hybridized carbons (Fsp3) is 0.0115. The van der Waals surface area contributed by atoms with Crippen LogP contribution in [-0.4, -0.2) is 15.8 Å². The van der Waals surface area contributed by atoms with Crippen molar-refractivity contribution in [2.24, 2.45) is 0 Å². The van der Waals surface area contributed by atoms with Crippen molar-refractivity contribution >= 4 is 89.5 Å². The third-order valence-corrected chi connectivity index (χ3v) is 19.5. The molecule has 5 nitrogen and oxygen atoms in total. The Hall–Kier alpha value is -12.5. The Morgan fingerprint density at radius 3 is 1.43 bits per heavy atom. The van der Waals surface area contributed by atoms with Crippen LogP contribution >= 0.6 is 0 Å². The van der Waals surface area contributed by atoms with Gasteiger partial charge in [0.05, 0.1) is 46.0 Å². The summed E-state index contributed by atoms with van der Waals surface area (Å²) in [7, 11) is 0. The van der Waals surface area contributed by atoms with Crippen LogP contribution in [0, 0.1) is 17.9 Å². The van der Waals surface area contributed by atoms with Gasteiger partial charge in [-0.3, -0.25) is 0 Å². The van der Waals surface area contributed by atoms with Crippen molar-refractivity contribution < 1.29 is 0 Å². The number of anilines is 3. The molecule has 0 N–H and O–H groups in total. The van der Waals surface area contributed by atoms with Gasteiger partial charge >= 0.3 is 0 Å². The van der Waals surface area contributed by atoms with Crippen molar-refractivity contribution in [3.8, 4) is 73.1 Å². The molecule has 0 saturated heterocycles. The van der Waals surface area contributed by atoms with Gasteiger partial charge in [0.1, 0.15) is 0 Å². The van der Waals surface area contributed by atoms with Crippen LogP contribution < -0.4 is 21.3 Å². The van der Waals surface area contributed by atoms with Crippen molar-refractivity contribution in [2.75, 3.05) is 4.90 Å². The molecule has 4 heterocycles. The Morgan fingerprint density at radius 2 is 0.828 bits per heavy atom. The molecule has 6 heteroatoms. The second-order valence-corrected chi connectivity index (χ2v) is 24.3. The highest BCUT2D eigenvalue weighted by Gasteiger charge is 2.46. The molecule has 16 aromatic rings. The third kappa shape index (κ3) is 8.33. The molecule has 0 radical (unpaired) electrons. The van der Waals surface area contributed by atoms with Gasteiger partial charge in [-0.05, 0) is 138 Å². The number of rotatable bonds is 9. The monoisotopic (exact) mass is 1180 g/mol. The Bertz CT molecular complexity index is 5370. The van der Waals surface area contributed by atoms with Crippen LogP contribution in [0.2, 0.25) is 0 Å². The first kappa shape index (κ1) is 53.5. The highest BCUT2D eigenvalue weighted by molar-refractivity contribution is 6.99. The van der Waals surface area contributed by atoms with Gasteiger partial charge in [-0.25, -0.2) is 4.85 Å². The molecule has 14 aromatic carbocycles. The zero-order valence-corrected chi connectivity index (χ0v) is 50.5. The number of fused-ring (bicyclic) bond motifs is 10. The van der Waals surface area contributed by atoms with Crippen molar-refractivity contribution in [3.63, 3.8) is 0 Å². The Kier molecular flexibility index (Phi) is 12.5. The number of nitriles is 1. The molecule has 430 valence electrons. The van der Waals surface area contributed by atoms with Crippen LogP contribution in [0.3, 0.4) is 0 Å². The van der Waals surface area contributed by atoms with Gasteiger partial charge in [-0.2, -0.15) is 5.26 Å². The minimum atomic E-state index is -0.410. The third-order valence-electron chi connectivity index (χ3n) is 19.5. The summed E-state index contributed by atoms with van der Waals surface area (Å²) in [5.74, 6) is -0.410. The molecule has 0 amide bonds. The summed E-state index contributed by atoms with van der Waals surface area (Å²) >= 11 is 0. The highest BCUT2D eigenvalue weighted by atomic mass is 15.2. The predicted molar refractivity (Wildman–Crippen MR) is 386 cm³/mol. The van der Waals surface area contributed by atoms with Crippen LogP contribution in [0.15, 0.2) is 322 Å². The van der Waals surface area contributed by atoms with Gasteiger partial charge in [0.2, 0.25) is 6.71 Å². The summed E-state index contributed by atoms with van der Waals surface area (Å²) in [5.41, 5.74) is 28.0. The van der Waals surface area contributed by atoms with Gasteiger partial charge in [-0.15, -0.1) is 0 Å². The van der Waals surface area contributed by atoms with Gasteiger partial charge < -0.3 is 14.0 Å². The first-order valence-electron chi connectivity index (χ1n) is 31.7. The molecule has 0 fully saturated rings. The second-order valence-electron chi connectivity index (χ2n) is 24.3. The van der Waals surface area contributed by atoms with Crippen LogP contribution in [0.25, 0.3) is 115 Å². The predicted octanol–water partition coefficient (Wildman–Crippen LogP) is 20.4. The fourth-order valence-corrected chi connectivity index (χ4v) is 15.7. The van der Waals surface area contributed by atoms with E-state index in [1.54, 1.807) is 0 Å². The highest BCUT2D eigenvalue weighted by Crippen LogP contribution is 2.54. The van der Waals surface area contributed by atoms with Gasteiger partial charge in [0.25, 0.3) is 0 Å². The molecule has 2 aliphatic rings. The summed E-state index contributed by atoms with van der Waals surface area (Å²) < 4.78 is 4.89. The Balaban J connectivity index is 1.03. The SMILES string of the molecule is [C-]#[N+]c1ccccc1-c1cccc(-c2ccccc2)c1N1c2cc(-n3c4ccccc4c4ccccc43)ccc2B2c3ccc(-n4c5ccccc5c5ccccc54)cc3C(c3c(-c4ccccc4)cccc3-c3ccccc3C#N)c3cc(-c4ccccc4)cc1c32. The van der Waals surface area contributed by atoms with E-state index in [0.29, 0.717) is 11.3 Å². The van der Waals surface area contributed by atoms with E-state index in [0.717, 1.165) is 117 Å². The maximum atomic E-state index is 11.2. The van der Waals surface area contributed by atoms with Crippen LogP contribution in [0.5, 0.6) is 0 Å². The van der Waals surface area contributed by atoms with E-state index in [1.807, 2.05) is 24.3 Å². The van der Waals surface area contributed by atoms with E-state index < -0.39 is 5.92 Å². The number of hydrogen-bond donors (Lipinski definition) is 0. The average Bonchev–Trinajstić information content (AvgIpc) is 1.19. The maximum absolute atomic E-state index is 11.2. The zero-order chi connectivity index (χ0) is 61.7. The lowest BCUT2D eigenvalue weighted by molar-refractivity contribution is 0.983. The second kappa shape index (κ2) is 21.6. The van der Waals surface area contributed by atoms with Crippen molar-refractivity contribution in [1.82, 2.24) is 9.13 Å². The molecule has 0 bridgehead atoms. The van der Waals surface area contributed by atoms with Gasteiger partial charge in [0.15, 0.2) is 5.69 Å². The number of hydrogen-bond acceptors (Lipinski definition) is 2. The maximum Gasteiger partial charge on any atom is 0.247 e. The van der Waals surface area contributed by atoms with Gasteiger partial charge in [0, 0.05) is 55.8 Å². The summed E-state index contributed by atoms with van der Waals surface area (Å²) in [6.07, 6.45) is 0. The summed E-state index contributed by atoms with van der Waals surface area (Å²) in [5, 5.41) is 15.9. The largest absolute Gasteiger partial charge is 0.310 e. The summed E-state index contributed by atoms with van der Waals surface area (Å²) in [6.45, 7) is 8.46. The van der Waals surface area contributed by atoms with Crippen LogP contribution in [-0.2, 0) is 0 Å². The normalized spacial score (nSPS) is 13.0. The van der Waals surface area contributed by atoms with Crippen molar-refractivity contribution in [1.29, 1.82) is 5.26 Å². The summed E-state index contributed by atoms with van der Waals surface area (Å²) in [6, 6.07) is 119. The van der Waals surface area contributed by atoms with Crippen molar-refractivity contribution in [2.45, 2.75) is 5.92 Å². The number of para-hydroxylation sites is 6. The Morgan fingerprint density at radius 1 is 0.355 bits per heavy atom. The number of nitrogens with zero attached hydrogens (tertiary/aromatic N) is 5. The summed E-state index contributed by atoms with van der Waals surface area (Å²) in [4.78, 5) is 6.82. The van der Waals surface area contributed by atoms with Crippen LogP contribution in [0.1, 0.15) is 28.2 Å². The lowest BCUT2D eigenvalue weighted by atomic mass is 9.31. The van der Waals surface area contributed by atoms with E-state index in [2.05, 4.69) is 322 Å². The molecular weight excluding hydrogens is 1130 g/mol. The van der Waals surface area contributed by atoms with Crippen molar-refractivity contribution in [3.05, 3.63) is 355 Å². The lowest BCUT2D eigenvalue weighted by Crippen LogP contribution is -2.62. The molecule has 0 spiro atoms. The molecule has 2 aromatic heterocycles. The molecule has 1 atom stereocenters. The van der Waals surface area contributed by atoms with E-state index in [9.17, 15) is 5.26 Å². The van der Waals surface area contributed by atoms with Crippen LogP contribution in [0.4, 0.5) is 22.7 Å². The minimum absolute atomic E-state index is 0.279. The zero-order valence-electron chi connectivity index (χ0n) is 50.5. The fourth-order valence-electron chi connectivity index (χ4n) is 15.7. The van der Waals surface area contributed by atoms with E-state index >= 15 is 0 Å². The number of benzene rings is 14. The smallest absolute Gasteiger partial charge is 0.247 e. The molecular formula is C87H54BN5. The minimum Gasteiger partial charge on any atom is -0.310 e. The first-order chi connectivity index (χ1) is 46.1. The molecule has 93 heavy (non-hydrogen) atoms. The van der Waals surface area contributed by atoms with Gasteiger partial charge in [-0.1, -0.05) is 266 Å².